The van der Waals surface area contributed by atoms with Crippen molar-refractivity contribution in [1.82, 2.24) is 4.98 Å². The largest absolute Gasteiger partial charge is 0.458 e. The van der Waals surface area contributed by atoms with Gasteiger partial charge in [-0.15, -0.1) is 0 Å². The normalized spacial score (nSPS) is 12.9. The Bertz CT molecular complexity index is 388. The molecule has 0 aliphatic carbocycles. The number of nitrogens with zero attached hydrogens (tertiary/aromatic N) is 1. The van der Waals surface area contributed by atoms with E-state index < -0.39 is 17.7 Å². The Morgan fingerprint density at radius 2 is 1.81 bits per heavy atom. The highest BCUT2D eigenvalue weighted by molar-refractivity contribution is 9.08. The smallest absolute Gasteiger partial charge is 0.260 e. The van der Waals surface area contributed by atoms with E-state index in [0.29, 0.717) is 17.2 Å². The Kier molecular flexibility index (Phi) is 3.56. The zero-order valence-electron chi connectivity index (χ0n) is 8.08. The molecule has 1 aromatic rings. The lowest BCUT2D eigenvalue weighted by molar-refractivity contribution is -0.289. The minimum atomic E-state index is -5.60. The average Bonchev–Trinajstić information content (AvgIpc) is 2.15. The first-order valence-corrected chi connectivity index (χ1v) is 5.29. The average molecular weight is 304 g/mol. The molecule has 0 radical (unpaired) electrons. The van der Waals surface area contributed by atoms with Crippen LogP contribution >= 0.6 is 15.9 Å². The minimum Gasteiger partial charge on any atom is -0.260 e. The quantitative estimate of drug-likeness (QED) is 0.596. The molecule has 0 atom stereocenters. The number of aryl methyl sites for hydroxylation is 1. The summed E-state index contributed by atoms with van der Waals surface area (Å²) in [5, 5.41) is 0.297. The third kappa shape index (κ3) is 2.34. The van der Waals surface area contributed by atoms with Crippen molar-refractivity contribution in [3.8, 4) is 0 Å². The first-order chi connectivity index (χ1) is 7.20. The Morgan fingerprint density at radius 3 is 2.19 bits per heavy atom. The zero-order chi connectivity index (χ0) is 12.6. The third-order valence-electron chi connectivity index (χ3n) is 2.00. The van der Waals surface area contributed by atoms with Crippen molar-refractivity contribution < 1.29 is 22.0 Å². The number of hydrogen-bond donors (Lipinski definition) is 0. The molecule has 90 valence electrons. The van der Waals surface area contributed by atoms with Crippen molar-refractivity contribution in [1.29, 1.82) is 0 Å². The lowest BCUT2D eigenvalue weighted by Gasteiger charge is -2.21. The van der Waals surface area contributed by atoms with E-state index in [2.05, 4.69) is 20.9 Å². The van der Waals surface area contributed by atoms with Crippen molar-refractivity contribution in [2.45, 2.75) is 24.4 Å². The maximum Gasteiger partial charge on any atom is 0.458 e. The second kappa shape index (κ2) is 4.27. The molecule has 0 aliphatic rings. The fourth-order valence-electron chi connectivity index (χ4n) is 1.17. The van der Waals surface area contributed by atoms with E-state index in [1.54, 1.807) is 0 Å². The van der Waals surface area contributed by atoms with E-state index in [0.717, 1.165) is 0 Å². The van der Waals surface area contributed by atoms with Gasteiger partial charge in [-0.1, -0.05) is 15.9 Å². The highest BCUT2D eigenvalue weighted by Crippen LogP contribution is 2.44. The van der Waals surface area contributed by atoms with Gasteiger partial charge in [0.05, 0.1) is 11.3 Å². The fraction of sp³-hybridized carbons (Fsp3) is 0.444. The van der Waals surface area contributed by atoms with Gasteiger partial charge in [0.2, 0.25) is 0 Å². The van der Waals surface area contributed by atoms with Gasteiger partial charge in [0.1, 0.15) is 0 Å². The minimum absolute atomic E-state index is 0.133. The summed E-state index contributed by atoms with van der Waals surface area (Å²) in [6.45, 7) is 1.20. The predicted molar refractivity (Wildman–Crippen MR) is 51.6 cm³/mol. The highest BCUT2D eigenvalue weighted by Gasteiger charge is 2.59. The van der Waals surface area contributed by atoms with E-state index in [9.17, 15) is 22.0 Å². The van der Waals surface area contributed by atoms with Gasteiger partial charge in [0, 0.05) is 11.5 Å². The summed E-state index contributed by atoms with van der Waals surface area (Å²) >= 11 is 3.03. The summed E-state index contributed by atoms with van der Waals surface area (Å²) in [4.78, 5) is 3.51. The summed E-state index contributed by atoms with van der Waals surface area (Å²) in [6, 6.07) is 1.20. The molecule has 16 heavy (non-hydrogen) atoms. The molecule has 0 bridgehead atoms. The molecule has 0 aliphatic heterocycles. The Morgan fingerprint density at radius 1 is 1.25 bits per heavy atom. The molecule has 0 unspecified atom stereocenters. The molecule has 7 heteroatoms. The zero-order valence-corrected chi connectivity index (χ0v) is 9.66. The van der Waals surface area contributed by atoms with Crippen LogP contribution in [0.5, 0.6) is 0 Å². The number of hydrogen-bond acceptors (Lipinski definition) is 1. The molecule has 1 aromatic heterocycles. The topological polar surface area (TPSA) is 12.9 Å². The summed E-state index contributed by atoms with van der Waals surface area (Å²) in [6.07, 6.45) is -5.03. The number of pyridine rings is 1. The highest BCUT2D eigenvalue weighted by atomic mass is 79.9. The van der Waals surface area contributed by atoms with Gasteiger partial charge in [-0.2, -0.15) is 22.0 Å². The van der Waals surface area contributed by atoms with E-state index >= 15 is 0 Å². The van der Waals surface area contributed by atoms with Gasteiger partial charge in [0.25, 0.3) is 0 Å². The lowest BCUT2D eigenvalue weighted by Crippen LogP contribution is -2.34. The number of rotatable bonds is 2. The number of alkyl halides is 6. The Hall–Kier alpha value is -0.720. The summed E-state index contributed by atoms with van der Waals surface area (Å²) in [7, 11) is 0. The van der Waals surface area contributed by atoms with Crippen LogP contribution in [-0.4, -0.2) is 11.2 Å². The Balaban J connectivity index is 3.24. The molecule has 0 spiro atoms. The van der Waals surface area contributed by atoms with Gasteiger partial charge in [0.15, 0.2) is 0 Å². The number of halogens is 6. The fourth-order valence-corrected chi connectivity index (χ4v) is 1.48. The van der Waals surface area contributed by atoms with Gasteiger partial charge >= 0.3 is 12.1 Å². The SMILES string of the molecule is Cc1cc(CBr)ncc1C(F)(F)C(F)(F)F. The first kappa shape index (κ1) is 13.3. The molecule has 1 heterocycles. The van der Waals surface area contributed by atoms with Crippen LogP contribution in [0.25, 0.3) is 0 Å². The lowest BCUT2D eigenvalue weighted by atomic mass is 10.0. The second-order valence-corrected chi connectivity index (χ2v) is 3.76. The van der Waals surface area contributed by atoms with Crippen LogP contribution in [-0.2, 0) is 11.3 Å². The Labute approximate surface area is 96.8 Å². The van der Waals surface area contributed by atoms with Crippen LogP contribution in [0, 0.1) is 6.92 Å². The monoisotopic (exact) mass is 303 g/mol. The van der Waals surface area contributed by atoms with Crippen LogP contribution in [0.3, 0.4) is 0 Å². The van der Waals surface area contributed by atoms with Crippen LogP contribution < -0.4 is 0 Å². The maximum atomic E-state index is 13.0. The van der Waals surface area contributed by atoms with Crippen LogP contribution in [0.15, 0.2) is 12.3 Å². The molecule has 0 aromatic carbocycles. The van der Waals surface area contributed by atoms with E-state index in [-0.39, 0.29) is 5.56 Å². The molecular weight excluding hydrogens is 297 g/mol. The standard InChI is InChI=1S/C9H7BrF5N/c1-5-2-6(3-10)16-4-7(5)8(11,12)9(13,14)15/h2,4H,3H2,1H3. The van der Waals surface area contributed by atoms with Crippen molar-refractivity contribution in [3.63, 3.8) is 0 Å². The van der Waals surface area contributed by atoms with Gasteiger partial charge in [-0.3, -0.25) is 4.98 Å². The van der Waals surface area contributed by atoms with E-state index in [1.807, 2.05) is 0 Å². The summed E-state index contributed by atoms with van der Waals surface area (Å²) in [5.74, 6) is -4.87. The van der Waals surface area contributed by atoms with Crippen molar-refractivity contribution in [2.75, 3.05) is 0 Å². The van der Waals surface area contributed by atoms with E-state index in [1.165, 1.54) is 13.0 Å². The summed E-state index contributed by atoms with van der Waals surface area (Å²) < 4.78 is 62.2. The van der Waals surface area contributed by atoms with Crippen molar-refractivity contribution >= 4 is 15.9 Å². The van der Waals surface area contributed by atoms with Crippen LogP contribution in [0.2, 0.25) is 0 Å². The van der Waals surface area contributed by atoms with E-state index in [4.69, 9.17) is 0 Å². The predicted octanol–water partition coefficient (Wildman–Crippen LogP) is 3.94. The molecule has 0 fully saturated rings. The van der Waals surface area contributed by atoms with Crippen LogP contribution in [0.1, 0.15) is 16.8 Å². The maximum absolute atomic E-state index is 13.0. The molecule has 0 amide bonds. The third-order valence-corrected chi connectivity index (χ3v) is 2.57. The van der Waals surface area contributed by atoms with Crippen LogP contribution in [0.4, 0.5) is 22.0 Å². The first-order valence-electron chi connectivity index (χ1n) is 4.16. The molecule has 1 rings (SSSR count). The van der Waals surface area contributed by atoms with Gasteiger partial charge < -0.3 is 0 Å². The molecule has 1 nitrogen and oxygen atoms in total. The van der Waals surface area contributed by atoms with Gasteiger partial charge in [-0.05, 0) is 18.6 Å². The molecule has 0 N–H and O–H groups in total. The van der Waals surface area contributed by atoms with Crippen molar-refractivity contribution in [2.24, 2.45) is 0 Å². The number of aromatic nitrogens is 1. The molecular formula is C9H7BrF5N. The second-order valence-electron chi connectivity index (χ2n) is 3.20. The van der Waals surface area contributed by atoms with Gasteiger partial charge in [-0.25, -0.2) is 0 Å². The molecule has 0 saturated heterocycles. The summed E-state index contributed by atoms with van der Waals surface area (Å²) in [5.41, 5.74) is -0.837. The van der Waals surface area contributed by atoms with Crippen molar-refractivity contribution in [3.05, 3.63) is 29.1 Å². The molecule has 0 saturated carbocycles.